The van der Waals surface area contributed by atoms with Crippen molar-refractivity contribution in [2.75, 3.05) is 51.2 Å². The Hall–Kier alpha value is -2.35. The largest absolute Gasteiger partial charge is 0.367 e. The number of nitrogens with zero attached hydrogens (tertiary/aromatic N) is 3. The number of likely N-dealkylation sites (N-methyl/N-ethyl adjacent to an activating group) is 1. The smallest absolute Gasteiger partial charge is 0.239 e. The van der Waals surface area contributed by atoms with Gasteiger partial charge in [-0.3, -0.25) is 9.79 Å². The second-order valence-electron chi connectivity index (χ2n) is 8.28. The summed E-state index contributed by atoms with van der Waals surface area (Å²) >= 11 is 0. The van der Waals surface area contributed by atoms with Gasteiger partial charge in [-0.1, -0.05) is 13.0 Å². The van der Waals surface area contributed by atoms with Crippen LogP contribution >= 0.6 is 0 Å². The fourth-order valence-corrected chi connectivity index (χ4v) is 3.25. The minimum atomic E-state index is -0.280. The van der Waals surface area contributed by atoms with Gasteiger partial charge in [0, 0.05) is 45.3 Å². The van der Waals surface area contributed by atoms with Crippen LogP contribution in [0.2, 0.25) is 0 Å². The third kappa shape index (κ3) is 7.53. The minimum Gasteiger partial charge on any atom is -0.367 e. The van der Waals surface area contributed by atoms with E-state index in [0.29, 0.717) is 18.2 Å². The summed E-state index contributed by atoms with van der Waals surface area (Å²) in [7, 11) is 1.64. The number of benzene rings is 1. The van der Waals surface area contributed by atoms with E-state index in [-0.39, 0.29) is 23.8 Å². The summed E-state index contributed by atoms with van der Waals surface area (Å²) in [5.74, 6) is 0.176. The Morgan fingerprint density at radius 2 is 1.86 bits per heavy atom. The van der Waals surface area contributed by atoms with Crippen molar-refractivity contribution < 1.29 is 9.18 Å². The molecule has 162 valence electrons. The van der Waals surface area contributed by atoms with E-state index < -0.39 is 0 Å². The second kappa shape index (κ2) is 10.4. The number of hydrogen-bond donors (Lipinski definition) is 3. The molecule has 0 aliphatic carbocycles. The number of anilines is 1. The first-order chi connectivity index (χ1) is 13.7. The molecule has 29 heavy (non-hydrogen) atoms. The number of piperazine rings is 1. The topological polar surface area (TPSA) is 72.0 Å². The number of guanidine groups is 1. The van der Waals surface area contributed by atoms with Gasteiger partial charge in [0.25, 0.3) is 0 Å². The Morgan fingerprint density at radius 3 is 2.41 bits per heavy atom. The van der Waals surface area contributed by atoms with Crippen LogP contribution in [0.5, 0.6) is 0 Å². The van der Waals surface area contributed by atoms with Gasteiger partial charge < -0.3 is 25.8 Å². The molecule has 1 saturated heterocycles. The third-order valence-corrected chi connectivity index (χ3v) is 4.79. The highest BCUT2D eigenvalue weighted by Gasteiger charge is 2.18. The Balaban J connectivity index is 1.85. The maximum absolute atomic E-state index is 14.6. The van der Waals surface area contributed by atoms with Gasteiger partial charge in [-0.2, -0.15) is 0 Å². The fraction of sp³-hybridized carbons (Fsp3) is 0.619. The Bertz CT molecular complexity index is 708. The molecule has 7 nitrogen and oxygen atoms in total. The summed E-state index contributed by atoms with van der Waals surface area (Å²) < 4.78 is 14.6. The number of halogens is 1. The molecule has 1 aliphatic rings. The summed E-state index contributed by atoms with van der Waals surface area (Å²) in [5, 5.41) is 8.97. The highest BCUT2D eigenvalue weighted by Crippen LogP contribution is 2.22. The van der Waals surface area contributed by atoms with Crippen molar-refractivity contribution >= 4 is 17.6 Å². The first kappa shape index (κ1) is 22.9. The number of hydrogen-bond acceptors (Lipinski definition) is 4. The molecule has 1 aliphatic heterocycles. The number of carbonyl (C=O) groups is 1. The maximum Gasteiger partial charge on any atom is 0.239 e. The molecule has 1 aromatic carbocycles. The normalized spacial score (nSPS) is 15.9. The van der Waals surface area contributed by atoms with Crippen LogP contribution in [0.1, 0.15) is 33.3 Å². The molecule has 0 unspecified atom stereocenters. The first-order valence-electron chi connectivity index (χ1n) is 10.2. The highest BCUT2D eigenvalue weighted by molar-refractivity contribution is 5.86. The van der Waals surface area contributed by atoms with Crippen molar-refractivity contribution in [3.63, 3.8) is 0 Å². The molecular weight excluding hydrogens is 371 g/mol. The van der Waals surface area contributed by atoms with Crippen molar-refractivity contribution in [2.24, 2.45) is 4.99 Å². The van der Waals surface area contributed by atoms with Crippen LogP contribution in [0, 0.1) is 5.82 Å². The Kier molecular flexibility index (Phi) is 8.25. The molecule has 0 atom stereocenters. The van der Waals surface area contributed by atoms with Gasteiger partial charge >= 0.3 is 0 Å². The summed E-state index contributed by atoms with van der Waals surface area (Å²) in [5.41, 5.74) is 1.20. The molecule has 1 fully saturated rings. The lowest BCUT2D eigenvalue weighted by molar-refractivity contribution is -0.121. The van der Waals surface area contributed by atoms with Gasteiger partial charge in [0.15, 0.2) is 5.96 Å². The van der Waals surface area contributed by atoms with Crippen LogP contribution in [0.3, 0.4) is 0 Å². The molecule has 0 radical (unpaired) electrons. The van der Waals surface area contributed by atoms with E-state index >= 15 is 0 Å². The van der Waals surface area contributed by atoms with E-state index in [1.807, 2.05) is 32.9 Å². The molecule has 0 saturated carbocycles. The van der Waals surface area contributed by atoms with E-state index in [1.165, 1.54) is 0 Å². The highest BCUT2D eigenvalue weighted by atomic mass is 19.1. The Labute approximate surface area is 173 Å². The second-order valence-corrected chi connectivity index (χ2v) is 8.28. The molecule has 0 spiro atoms. The molecule has 2 rings (SSSR count). The average molecular weight is 407 g/mol. The quantitative estimate of drug-likeness (QED) is 0.494. The van der Waals surface area contributed by atoms with E-state index in [1.54, 1.807) is 13.1 Å². The minimum absolute atomic E-state index is 0.112. The number of aliphatic imine (C=N–C) groups is 1. The van der Waals surface area contributed by atoms with Crippen LogP contribution in [-0.2, 0) is 11.3 Å². The average Bonchev–Trinajstić information content (AvgIpc) is 2.67. The van der Waals surface area contributed by atoms with Crippen LogP contribution < -0.4 is 20.9 Å². The summed E-state index contributed by atoms with van der Waals surface area (Å²) in [4.78, 5) is 20.5. The molecule has 1 amide bonds. The van der Waals surface area contributed by atoms with Crippen molar-refractivity contribution in [2.45, 2.75) is 39.8 Å². The zero-order chi connectivity index (χ0) is 21.4. The lowest BCUT2D eigenvalue weighted by Crippen LogP contribution is -2.48. The predicted molar refractivity (Wildman–Crippen MR) is 117 cm³/mol. The predicted octanol–water partition coefficient (Wildman–Crippen LogP) is 1.55. The van der Waals surface area contributed by atoms with Gasteiger partial charge in [-0.15, -0.1) is 0 Å². The fourth-order valence-electron chi connectivity index (χ4n) is 3.25. The number of nitrogens with one attached hydrogen (secondary N) is 3. The van der Waals surface area contributed by atoms with Crippen LogP contribution in [0.25, 0.3) is 0 Å². The SMILES string of the molecule is CCN1CCN(c2ccc(CNC(=NC)NCC(=O)NC(C)(C)C)cc2F)CC1. The van der Waals surface area contributed by atoms with Crippen LogP contribution in [-0.4, -0.2) is 68.6 Å². The zero-order valence-corrected chi connectivity index (χ0v) is 18.3. The monoisotopic (exact) mass is 406 g/mol. The van der Waals surface area contributed by atoms with Gasteiger partial charge in [-0.25, -0.2) is 4.39 Å². The number of amides is 1. The number of carbonyl (C=O) groups excluding carboxylic acids is 1. The Morgan fingerprint density at radius 1 is 1.17 bits per heavy atom. The molecule has 0 bridgehead atoms. The van der Waals surface area contributed by atoms with E-state index in [9.17, 15) is 9.18 Å². The van der Waals surface area contributed by atoms with Crippen molar-refractivity contribution in [1.82, 2.24) is 20.9 Å². The molecule has 1 heterocycles. The van der Waals surface area contributed by atoms with Crippen molar-refractivity contribution in [3.8, 4) is 0 Å². The van der Waals surface area contributed by atoms with E-state index in [4.69, 9.17) is 0 Å². The zero-order valence-electron chi connectivity index (χ0n) is 18.3. The number of rotatable bonds is 6. The van der Waals surface area contributed by atoms with Gasteiger partial charge in [0.1, 0.15) is 5.82 Å². The molecule has 0 aromatic heterocycles. The van der Waals surface area contributed by atoms with Gasteiger partial charge in [-0.05, 0) is 45.0 Å². The first-order valence-corrected chi connectivity index (χ1v) is 10.2. The van der Waals surface area contributed by atoms with Crippen LogP contribution in [0.15, 0.2) is 23.2 Å². The lowest BCUT2D eigenvalue weighted by Gasteiger charge is -2.35. The molecular formula is C21H35FN6O. The lowest BCUT2D eigenvalue weighted by atomic mass is 10.1. The summed E-state index contributed by atoms with van der Waals surface area (Å²) in [6.07, 6.45) is 0. The molecule has 3 N–H and O–H groups in total. The summed E-state index contributed by atoms with van der Waals surface area (Å²) in [6, 6.07) is 5.34. The summed E-state index contributed by atoms with van der Waals surface area (Å²) in [6.45, 7) is 13.1. The van der Waals surface area contributed by atoms with E-state index in [2.05, 4.69) is 37.7 Å². The van der Waals surface area contributed by atoms with Crippen molar-refractivity contribution in [1.29, 1.82) is 0 Å². The van der Waals surface area contributed by atoms with E-state index in [0.717, 1.165) is 38.3 Å². The molecule has 1 aromatic rings. The van der Waals surface area contributed by atoms with Crippen molar-refractivity contribution in [3.05, 3.63) is 29.6 Å². The molecule has 8 heteroatoms. The third-order valence-electron chi connectivity index (χ3n) is 4.79. The van der Waals surface area contributed by atoms with Gasteiger partial charge in [0.05, 0.1) is 12.2 Å². The van der Waals surface area contributed by atoms with Gasteiger partial charge in [0.2, 0.25) is 5.91 Å². The van der Waals surface area contributed by atoms with Crippen LogP contribution in [0.4, 0.5) is 10.1 Å². The standard InChI is InChI=1S/C21H35FN6O/c1-6-27-9-11-28(12-10-27)18-8-7-16(13-17(18)22)14-24-20(23-5)25-15-19(29)26-21(2,3)4/h7-8,13H,6,9-12,14-15H2,1-5H3,(H,26,29)(H2,23,24,25). The maximum atomic E-state index is 14.6.